The van der Waals surface area contributed by atoms with Crippen LogP contribution < -0.4 is 15.4 Å². The molecule has 0 bridgehead atoms. The maximum Gasteiger partial charge on any atom is 0.265 e. The van der Waals surface area contributed by atoms with E-state index in [1.165, 1.54) is 6.42 Å². The highest BCUT2D eigenvalue weighted by molar-refractivity contribution is 5.99. The summed E-state index contributed by atoms with van der Waals surface area (Å²) in [5.74, 6) is 0.379. The Morgan fingerprint density at radius 1 is 1.06 bits per heavy atom. The largest absolute Gasteiger partial charge is 0.466 e. The highest BCUT2D eigenvalue weighted by Crippen LogP contribution is 2.42. The van der Waals surface area contributed by atoms with Crippen LogP contribution in [0, 0.1) is 11.3 Å². The molecule has 1 aliphatic heterocycles. The molecule has 5 rings (SSSR count). The number of ether oxygens (including phenoxy) is 1. The molecule has 1 aromatic heterocycles. The van der Waals surface area contributed by atoms with Crippen molar-refractivity contribution in [1.29, 1.82) is 5.26 Å². The number of carbonyl (C=O) groups excluding carboxylic acids is 1. The maximum atomic E-state index is 12.7. The Morgan fingerprint density at radius 2 is 1.82 bits per heavy atom. The number of fused-ring (bicyclic) bond motifs is 1. The topological polar surface area (TPSA) is 92.2 Å². The fourth-order valence-corrected chi connectivity index (χ4v) is 4.71. The fraction of sp³-hybridized carbons (Fsp3) is 0.321. The summed E-state index contributed by atoms with van der Waals surface area (Å²) in [5, 5.41) is 8.83. The summed E-state index contributed by atoms with van der Waals surface area (Å²) in [5.41, 5.74) is 11.9. The Balaban J connectivity index is 1.56. The van der Waals surface area contributed by atoms with Gasteiger partial charge < -0.3 is 15.4 Å². The molecule has 0 radical (unpaired) electrons. The van der Waals surface area contributed by atoms with Crippen LogP contribution in [0.4, 0.5) is 5.69 Å². The van der Waals surface area contributed by atoms with Crippen molar-refractivity contribution < 1.29 is 9.53 Å². The number of rotatable bonds is 7. The molecule has 1 aliphatic carbocycles. The Kier molecular flexibility index (Phi) is 6.04. The number of anilines is 1. The van der Waals surface area contributed by atoms with Gasteiger partial charge in [0.05, 0.1) is 11.8 Å². The van der Waals surface area contributed by atoms with E-state index in [1.807, 2.05) is 36.4 Å². The van der Waals surface area contributed by atoms with Crippen LogP contribution in [0.15, 0.2) is 60.7 Å². The molecule has 6 nitrogen and oxygen atoms in total. The summed E-state index contributed by atoms with van der Waals surface area (Å²) in [7, 11) is 0. The van der Waals surface area contributed by atoms with Gasteiger partial charge in [-0.05, 0) is 49.3 Å². The van der Waals surface area contributed by atoms with Crippen LogP contribution in [0.25, 0.3) is 22.4 Å². The number of hydrogen-bond acceptors (Lipinski definition) is 5. The van der Waals surface area contributed by atoms with Crippen LogP contribution in [0.5, 0.6) is 5.88 Å². The average molecular weight is 453 g/mol. The van der Waals surface area contributed by atoms with Crippen molar-refractivity contribution in [3.05, 3.63) is 66.2 Å². The molecule has 6 heteroatoms. The number of amides is 1. The van der Waals surface area contributed by atoms with Crippen molar-refractivity contribution in [1.82, 2.24) is 4.98 Å². The summed E-state index contributed by atoms with van der Waals surface area (Å²) in [6.07, 6.45) is 5.20. The molecule has 34 heavy (non-hydrogen) atoms. The van der Waals surface area contributed by atoms with Crippen LogP contribution in [0.1, 0.15) is 44.1 Å². The van der Waals surface area contributed by atoms with Gasteiger partial charge in [0, 0.05) is 29.6 Å². The van der Waals surface area contributed by atoms with Gasteiger partial charge in [0.2, 0.25) is 5.88 Å². The first-order valence-corrected chi connectivity index (χ1v) is 11.9. The maximum absolute atomic E-state index is 12.7. The number of hydrogen-bond donors (Lipinski definition) is 1. The second-order valence-corrected chi connectivity index (χ2v) is 9.11. The molecule has 1 amide bonds. The van der Waals surface area contributed by atoms with E-state index in [0.29, 0.717) is 24.5 Å². The summed E-state index contributed by atoms with van der Waals surface area (Å²) in [4.78, 5) is 19.3. The predicted molar refractivity (Wildman–Crippen MR) is 132 cm³/mol. The first-order valence-electron chi connectivity index (χ1n) is 11.9. The predicted octanol–water partition coefficient (Wildman–Crippen LogP) is 5.17. The molecular weight excluding hydrogens is 424 g/mol. The van der Waals surface area contributed by atoms with E-state index in [-0.39, 0.29) is 18.1 Å². The monoisotopic (exact) mass is 452 g/mol. The van der Waals surface area contributed by atoms with Crippen LogP contribution >= 0.6 is 0 Å². The molecule has 0 unspecified atom stereocenters. The molecule has 2 N–H and O–H groups in total. The summed E-state index contributed by atoms with van der Waals surface area (Å²) in [6, 6.07) is 22.6. The van der Waals surface area contributed by atoms with E-state index < -0.39 is 0 Å². The third-order valence-corrected chi connectivity index (χ3v) is 6.88. The van der Waals surface area contributed by atoms with Crippen LogP contribution in [0.3, 0.4) is 0 Å². The minimum atomic E-state index is -0.209. The Bertz CT molecular complexity index is 1230. The number of unbranched alkanes of at least 4 members (excludes halogenated alkanes) is 2. The summed E-state index contributed by atoms with van der Waals surface area (Å²) < 4.78 is 5.78. The number of carbonyl (C=O) groups is 1. The summed E-state index contributed by atoms with van der Waals surface area (Å²) in [6.45, 7) is 0.510. The normalized spacial score (nSPS) is 16.2. The average Bonchev–Trinajstić information content (AvgIpc) is 2.86. The van der Waals surface area contributed by atoms with Gasteiger partial charge in [0.15, 0.2) is 6.61 Å². The Hall–Kier alpha value is -3.69. The van der Waals surface area contributed by atoms with E-state index in [4.69, 9.17) is 20.7 Å². The zero-order chi connectivity index (χ0) is 23.5. The second-order valence-electron chi connectivity index (χ2n) is 9.11. The van der Waals surface area contributed by atoms with Crippen LogP contribution in [-0.2, 0) is 10.3 Å². The van der Waals surface area contributed by atoms with E-state index in [1.54, 1.807) is 4.90 Å². The van der Waals surface area contributed by atoms with Crippen molar-refractivity contribution >= 4 is 11.6 Å². The van der Waals surface area contributed by atoms with Crippen LogP contribution in [0.2, 0.25) is 0 Å². The number of benzene rings is 2. The van der Waals surface area contributed by atoms with Gasteiger partial charge in [-0.25, -0.2) is 4.98 Å². The number of nitrogens with two attached hydrogens (primary N) is 1. The Labute approximate surface area is 200 Å². The van der Waals surface area contributed by atoms with E-state index in [9.17, 15) is 4.79 Å². The van der Waals surface area contributed by atoms with Gasteiger partial charge in [-0.2, -0.15) is 5.26 Å². The van der Waals surface area contributed by atoms with Crippen molar-refractivity contribution in [2.24, 2.45) is 5.73 Å². The van der Waals surface area contributed by atoms with Crippen molar-refractivity contribution in [2.45, 2.75) is 44.1 Å². The first-order chi connectivity index (χ1) is 16.6. The minimum absolute atomic E-state index is 0.0307. The molecule has 172 valence electrons. The Morgan fingerprint density at radius 3 is 2.50 bits per heavy atom. The SMILES string of the molecule is N#CCCCCN1C(=O)COc2nc(-c3ccc(C4(N)CCC4)cc3)c(-c3ccccc3)cc21. The standard InChI is InChI=1S/C28H28N4O2/c29-16-5-2-6-17-32-24-18-23(20-8-3-1-4-9-20)26(31-27(24)34-19-25(32)33)21-10-12-22(13-11-21)28(30)14-7-15-28/h1,3-4,8-13,18H,2,5-7,14-15,17,19,30H2. The van der Waals surface area contributed by atoms with Gasteiger partial charge >= 0.3 is 0 Å². The molecule has 1 saturated carbocycles. The third kappa shape index (κ3) is 4.15. The minimum Gasteiger partial charge on any atom is -0.466 e. The molecule has 3 aromatic rings. The molecule has 1 fully saturated rings. The van der Waals surface area contributed by atoms with Gasteiger partial charge in [-0.15, -0.1) is 0 Å². The third-order valence-electron chi connectivity index (χ3n) is 6.88. The number of nitriles is 1. The van der Waals surface area contributed by atoms with Crippen molar-refractivity contribution in [2.75, 3.05) is 18.1 Å². The van der Waals surface area contributed by atoms with Gasteiger partial charge in [-0.3, -0.25) is 4.79 Å². The fourth-order valence-electron chi connectivity index (χ4n) is 4.71. The molecule has 0 saturated heterocycles. The highest BCUT2D eigenvalue weighted by Gasteiger charge is 2.34. The quantitative estimate of drug-likeness (QED) is 0.499. The molecular formula is C28H28N4O2. The van der Waals surface area contributed by atoms with E-state index in [0.717, 1.165) is 53.6 Å². The van der Waals surface area contributed by atoms with Gasteiger partial charge in [0.1, 0.15) is 5.69 Å². The molecule has 2 heterocycles. The highest BCUT2D eigenvalue weighted by atomic mass is 16.5. The lowest BCUT2D eigenvalue weighted by Crippen LogP contribution is -2.43. The second kappa shape index (κ2) is 9.28. The lowest BCUT2D eigenvalue weighted by atomic mass is 9.72. The van der Waals surface area contributed by atoms with Crippen LogP contribution in [-0.4, -0.2) is 24.0 Å². The number of aromatic nitrogens is 1. The van der Waals surface area contributed by atoms with Crippen molar-refractivity contribution in [3.63, 3.8) is 0 Å². The number of nitrogens with zero attached hydrogens (tertiary/aromatic N) is 3. The zero-order valence-electron chi connectivity index (χ0n) is 19.2. The number of pyridine rings is 1. The lowest BCUT2D eigenvalue weighted by Gasteiger charge is -2.38. The first kappa shape index (κ1) is 22.1. The van der Waals surface area contributed by atoms with Gasteiger partial charge in [-0.1, -0.05) is 54.6 Å². The zero-order valence-corrected chi connectivity index (χ0v) is 19.2. The van der Waals surface area contributed by atoms with Gasteiger partial charge in [0.25, 0.3) is 5.91 Å². The lowest BCUT2D eigenvalue weighted by molar-refractivity contribution is -0.121. The molecule has 0 atom stereocenters. The molecule has 2 aromatic carbocycles. The summed E-state index contributed by atoms with van der Waals surface area (Å²) >= 11 is 0. The molecule has 2 aliphatic rings. The van der Waals surface area contributed by atoms with Crippen molar-refractivity contribution in [3.8, 4) is 34.3 Å². The smallest absolute Gasteiger partial charge is 0.265 e. The van der Waals surface area contributed by atoms with E-state index >= 15 is 0 Å². The van der Waals surface area contributed by atoms with E-state index in [2.05, 4.69) is 30.3 Å². The molecule has 0 spiro atoms.